The van der Waals surface area contributed by atoms with Crippen LogP contribution in [0.2, 0.25) is 0 Å². The van der Waals surface area contributed by atoms with E-state index in [1.165, 1.54) is 12.1 Å². The molecule has 0 aromatic heterocycles. The van der Waals surface area contributed by atoms with Crippen LogP contribution in [-0.2, 0) is 23.9 Å². The number of nitrogens with zero attached hydrogens (tertiary/aromatic N) is 3. The molecular formula is C33H32FN3O7. The van der Waals surface area contributed by atoms with Gasteiger partial charge in [0.15, 0.2) is 17.5 Å². The average Bonchev–Trinajstić information content (AvgIpc) is 3.36. The molecule has 6 rings (SSSR count). The summed E-state index contributed by atoms with van der Waals surface area (Å²) in [5.74, 6) is 4.84. The maximum absolute atomic E-state index is 14.7. The first-order valence-electron chi connectivity index (χ1n) is 14.6. The van der Waals surface area contributed by atoms with E-state index in [0.717, 1.165) is 0 Å². The minimum atomic E-state index is -1.86. The molecule has 2 atom stereocenters. The van der Waals surface area contributed by atoms with Gasteiger partial charge < -0.3 is 29.3 Å². The molecule has 228 valence electrons. The SMILES string of the molecule is CC[C@@]1(O)C(=C=O)OCC2=C1C=C1C3=C(CN1C2=C=O)N([C@@H]1CCCN(C(=O)OC(C)(C)C)C1)c1ccc(F)cc1C3=C=O. The second-order valence-corrected chi connectivity index (χ2v) is 12.4. The van der Waals surface area contributed by atoms with Gasteiger partial charge in [0.1, 0.15) is 29.7 Å². The van der Waals surface area contributed by atoms with Crippen molar-refractivity contribution < 1.29 is 38.1 Å². The number of amides is 1. The molecule has 5 heterocycles. The van der Waals surface area contributed by atoms with Crippen molar-refractivity contribution in [2.75, 3.05) is 31.1 Å². The topological polar surface area (TPSA) is 117 Å². The minimum absolute atomic E-state index is 0.0529. The zero-order chi connectivity index (χ0) is 31.6. The third kappa shape index (κ3) is 4.45. The quantitative estimate of drug-likeness (QED) is 0.508. The molecule has 1 amide bonds. The standard InChI is InChI=1S/C33H32FN3O7/c1-5-33(42)24-12-26-30-22(15-38)21-11-19(34)8-9-25(21)37(20-7-6-10-35(13-20)31(41)44-32(2,3)4)27(30)14-36(26)28(16-39)23(24)18-43-29(33)17-40/h8-9,11-12,20,42H,5-7,10,13-14,18H2,1-4H3/t20-,33+/m1/s1. The third-order valence-corrected chi connectivity index (χ3v) is 8.73. The van der Waals surface area contributed by atoms with Gasteiger partial charge >= 0.3 is 6.09 Å². The molecule has 0 bridgehead atoms. The Balaban J connectivity index is 1.52. The molecule has 0 radical (unpaired) electrons. The van der Waals surface area contributed by atoms with Gasteiger partial charge in [-0.1, -0.05) is 6.92 Å². The maximum atomic E-state index is 14.7. The van der Waals surface area contributed by atoms with Crippen LogP contribution in [0.5, 0.6) is 0 Å². The zero-order valence-electron chi connectivity index (χ0n) is 25.0. The van der Waals surface area contributed by atoms with Gasteiger partial charge in [0.25, 0.3) is 0 Å². The Labute approximate surface area is 253 Å². The minimum Gasteiger partial charge on any atom is -0.479 e. The number of hydrogen-bond donors (Lipinski definition) is 1. The second kappa shape index (κ2) is 10.5. The predicted molar refractivity (Wildman–Crippen MR) is 157 cm³/mol. The molecule has 44 heavy (non-hydrogen) atoms. The first kappa shape index (κ1) is 29.4. The van der Waals surface area contributed by atoms with Gasteiger partial charge in [-0.15, -0.1) is 0 Å². The van der Waals surface area contributed by atoms with Crippen molar-refractivity contribution in [1.82, 2.24) is 9.80 Å². The molecule has 10 nitrogen and oxygen atoms in total. The van der Waals surface area contributed by atoms with E-state index in [9.17, 15) is 28.7 Å². The normalized spacial score (nSPS) is 24.4. The predicted octanol–water partition coefficient (Wildman–Crippen LogP) is 3.63. The molecule has 1 saturated heterocycles. The Morgan fingerprint density at radius 1 is 1.20 bits per heavy atom. The third-order valence-electron chi connectivity index (χ3n) is 8.73. The molecule has 1 aromatic carbocycles. The fourth-order valence-corrected chi connectivity index (χ4v) is 6.79. The van der Waals surface area contributed by atoms with Crippen molar-refractivity contribution in [3.8, 4) is 0 Å². The Bertz CT molecular complexity index is 1730. The summed E-state index contributed by atoms with van der Waals surface area (Å²) in [7, 11) is 0. The smallest absolute Gasteiger partial charge is 0.410 e. The lowest BCUT2D eigenvalue weighted by Gasteiger charge is -2.43. The lowest BCUT2D eigenvalue weighted by molar-refractivity contribution is 0.0199. The summed E-state index contributed by atoms with van der Waals surface area (Å²) in [5.41, 5.74) is 0.702. The van der Waals surface area contributed by atoms with E-state index in [4.69, 9.17) is 9.47 Å². The highest BCUT2D eigenvalue weighted by Crippen LogP contribution is 2.53. The first-order chi connectivity index (χ1) is 20.9. The van der Waals surface area contributed by atoms with Gasteiger partial charge in [-0.3, -0.25) is 0 Å². The van der Waals surface area contributed by atoms with E-state index in [2.05, 4.69) is 0 Å². The monoisotopic (exact) mass is 601 g/mol. The van der Waals surface area contributed by atoms with Gasteiger partial charge in [0, 0.05) is 41.1 Å². The number of carbonyl (C=O) groups is 1. The van der Waals surface area contributed by atoms with Crippen molar-refractivity contribution in [2.24, 2.45) is 0 Å². The highest BCUT2D eigenvalue weighted by Gasteiger charge is 2.50. The number of piperidine rings is 1. The number of carbonyl (C=O) groups excluding carboxylic acids is 4. The number of aliphatic hydroxyl groups is 1. The zero-order valence-corrected chi connectivity index (χ0v) is 25.0. The van der Waals surface area contributed by atoms with Gasteiger partial charge in [0.2, 0.25) is 5.76 Å². The van der Waals surface area contributed by atoms with E-state index < -0.39 is 23.1 Å². The van der Waals surface area contributed by atoms with Crippen molar-refractivity contribution in [3.05, 3.63) is 75.2 Å². The summed E-state index contributed by atoms with van der Waals surface area (Å²) >= 11 is 0. The number of hydrogen-bond acceptors (Lipinski definition) is 9. The summed E-state index contributed by atoms with van der Waals surface area (Å²) in [6, 6.07) is 3.93. The number of likely N-dealkylation sites (tertiary alicyclic amines) is 1. The van der Waals surface area contributed by atoms with Gasteiger partial charge in [-0.25, -0.2) is 23.6 Å². The van der Waals surface area contributed by atoms with Crippen LogP contribution in [0.1, 0.15) is 52.5 Å². The number of rotatable bonds is 2. The molecule has 0 saturated carbocycles. The van der Waals surface area contributed by atoms with Gasteiger partial charge in [0.05, 0.1) is 29.5 Å². The van der Waals surface area contributed by atoms with Crippen LogP contribution in [0.15, 0.2) is 63.8 Å². The Hall–Kier alpha value is -4.65. The molecular weight excluding hydrogens is 569 g/mol. The molecule has 1 N–H and O–H groups in total. The molecule has 1 fully saturated rings. The van der Waals surface area contributed by atoms with Crippen LogP contribution in [-0.4, -0.2) is 82.3 Å². The van der Waals surface area contributed by atoms with E-state index >= 15 is 0 Å². The van der Waals surface area contributed by atoms with E-state index in [0.29, 0.717) is 59.7 Å². The lowest BCUT2D eigenvalue weighted by atomic mass is 9.79. The van der Waals surface area contributed by atoms with Gasteiger partial charge in [-0.2, -0.15) is 0 Å². The summed E-state index contributed by atoms with van der Waals surface area (Å²) < 4.78 is 25.9. The summed E-state index contributed by atoms with van der Waals surface area (Å²) in [5, 5.41) is 11.6. The van der Waals surface area contributed by atoms with E-state index in [-0.39, 0.29) is 48.2 Å². The fraction of sp³-hybridized carbons (Fsp3) is 0.424. The van der Waals surface area contributed by atoms with Crippen molar-refractivity contribution in [3.63, 3.8) is 0 Å². The molecule has 0 aliphatic carbocycles. The second-order valence-electron chi connectivity index (χ2n) is 12.4. The maximum Gasteiger partial charge on any atom is 0.410 e. The largest absolute Gasteiger partial charge is 0.479 e. The Morgan fingerprint density at radius 2 is 1.98 bits per heavy atom. The number of halogens is 1. The van der Waals surface area contributed by atoms with E-state index in [1.807, 2.05) is 16.8 Å². The molecule has 0 unspecified atom stereocenters. The summed E-state index contributed by atoms with van der Waals surface area (Å²) in [4.78, 5) is 55.3. The highest BCUT2D eigenvalue weighted by molar-refractivity contribution is 6.06. The van der Waals surface area contributed by atoms with Crippen LogP contribution >= 0.6 is 0 Å². The Kier molecular flexibility index (Phi) is 7.03. The lowest BCUT2D eigenvalue weighted by Crippen LogP contribution is -2.52. The molecule has 0 spiro atoms. The van der Waals surface area contributed by atoms with Gasteiger partial charge in [-0.05, 0) is 64.3 Å². The number of allylic oxidation sites excluding steroid dienone is 1. The van der Waals surface area contributed by atoms with Crippen LogP contribution in [0.3, 0.4) is 0 Å². The summed E-state index contributed by atoms with van der Waals surface area (Å²) in [6.45, 7) is 7.89. The number of fused-ring (bicyclic) bond motifs is 3. The van der Waals surface area contributed by atoms with Crippen LogP contribution in [0.25, 0.3) is 5.57 Å². The average molecular weight is 602 g/mol. The van der Waals surface area contributed by atoms with Crippen LogP contribution in [0.4, 0.5) is 14.9 Å². The number of anilines is 1. The van der Waals surface area contributed by atoms with Crippen molar-refractivity contribution >= 4 is 35.2 Å². The molecule has 5 aliphatic heterocycles. The molecule has 5 aliphatic rings. The van der Waals surface area contributed by atoms with Crippen LogP contribution in [0, 0.1) is 5.82 Å². The number of ether oxygens (including phenoxy) is 2. The number of benzene rings is 1. The van der Waals surface area contributed by atoms with Crippen LogP contribution < -0.4 is 4.90 Å². The van der Waals surface area contributed by atoms with Crippen molar-refractivity contribution in [1.29, 1.82) is 0 Å². The molecule has 11 heteroatoms. The summed E-state index contributed by atoms with van der Waals surface area (Å²) in [6.07, 6.45) is 2.63. The molecule has 1 aromatic rings. The highest BCUT2D eigenvalue weighted by atomic mass is 19.1. The Morgan fingerprint density at radius 3 is 2.64 bits per heavy atom. The van der Waals surface area contributed by atoms with E-state index in [1.54, 1.807) is 55.6 Å². The van der Waals surface area contributed by atoms with Crippen molar-refractivity contribution in [2.45, 2.75) is 64.2 Å². The first-order valence-corrected chi connectivity index (χ1v) is 14.6. The fourth-order valence-electron chi connectivity index (χ4n) is 6.79.